The third kappa shape index (κ3) is 8.93. The number of rotatable bonds is 13. The zero-order chi connectivity index (χ0) is 25.8. The summed E-state index contributed by atoms with van der Waals surface area (Å²) in [5.74, 6) is 0.478. The first kappa shape index (κ1) is 27.6. The molecular formula is C28H40N4O4. The summed E-state index contributed by atoms with van der Waals surface area (Å²) in [7, 11) is 1.63. The standard InChI is InChI=1S/C28H40N4O4/c1-36-23-12-8-11-22(17-23)19-30-20-26(33)25(18-21-9-4-2-5-10-21)31-28(35)24(29)13-14-27(34)32-15-6-3-7-16-32/h2,4-5,8-12,17,24-26,30,33H,3,6-7,13-16,18-20,29H2,1H3,(H,31,35). The fourth-order valence-corrected chi connectivity index (χ4v) is 4.44. The summed E-state index contributed by atoms with van der Waals surface area (Å²) in [6.07, 6.45) is 3.39. The number of carbonyl (C=O) groups excluding carboxylic acids is 2. The molecule has 3 rings (SSSR count). The predicted molar refractivity (Wildman–Crippen MR) is 140 cm³/mol. The van der Waals surface area contributed by atoms with Crippen LogP contribution in [0.1, 0.15) is 43.2 Å². The molecule has 3 unspecified atom stereocenters. The lowest BCUT2D eigenvalue weighted by Crippen LogP contribution is -2.53. The molecule has 0 aliphatic carbocycles. The average Bonchev–Trinajstić information content (AvgIpc) is 2.92. The van der Waals surface area contributed by atoms with Crippen LogP contribution in [0, 0.1) is 0 Å². The number of nitrogens with two attached hydrogens (primary N) is 1. The van der Waals surface area contributed by atoms with Crippen molar-refractivity contribution in [3.05, 3.63) is 65.7 Å². The van der Waals surface area contributed by atoms with Gasteiger partial charge in [0.1, 0.15) is 5.75 Å². The molecule has 1 heterocycles. The second-order valence-electron chi connectivity index (χ2n) is 9.44. The highest BCUT2D eigenvalue weighted by Crippen LogP contribution is 2.13. The largest absolute Gasteiger partial charge is 0.497 e. The van der Waals surface area contributed by atoms with Crippen LogP contribution < -0.4 is 21.1 Å². The topological polar surface area (TPSA) is 117 Å². The highest BCUT2D eigenvalue weighted by Gasteiger charge is 2.25. The van der Waals surface area contributed by atoms with Gasteiger partial charge in [-0.1, -0.05) is 42.5 Å². The molecule has 0 radical (unpaired) electrons. The van der Waals surface area contributed by atoms with Crippen LogP contribution in [0.5, 0.6) is 5.75 Å². The Morgan fingerprint density at radius 1 is 1.06 bits per heavy atom. The molecule has 1 aliphatic rings. The van der Waals surface area contributed by atoms with Gasteiger partial charge in [-0.15, -0.1) is 0 Å². The number of carbonyl (C=O) groups is 2. The third-order valence-corrected chi connectivity index (χ3v) is 6.62. The van der Waals surface area contributed by atoms with Crippen molar-refractivity contribution >= 4 is 11.8 Å². The number of benzene rings is 2. The van der Waals surface area contributed by atoms with E-state index in [4.69, 9.17) is 10.5 Å². The van der Waals surface area contributed by atoms with Crippen molar-refractivity contribution in [1.29, 1.82) is 0 Å². The minimum atomic E-state index is -0.832. The average molecular weight is 497 g/mol. The first-order chi connectivity index (χ1) is 17.5. The van der Waals surface area contributed by atoms with Gasteiger partial charge in [-0.05, 0) is 55.4 Å². The van der Waals surface area contributed by atoms with Crippen molar-refractivity contribution in [2.45, 2.75) is 63.3 Å². The van der Waals surface area contributed by atoms with Crippen LogP contribution in [0.2, 0.25) is 0 Å². The van der Waals surface area contributed by atoms with E-state index in [0.717, 1.165) is 49.2 Å². The molecule has 0 spiro atoms. The molecule has 196 valence electrons. The van der Waals surface area contributed by atoms with Crippen LogP contribution in [0.25, 0.3) is 0 Å². The van der Waals surface area contributed by atoms with Crippen molar-refractivity contribution in [3.8, 4) is 5.75 Å². The maximum atomic E-state index is 12.9. The van der Waals surface area contributed by atoms with Gasteiger partial charge in [-0.2, -0.15) is 0 Å². The number of hydrogen-bond acceptors (Lipinski definition) is 6. The monoisotopic (exact) mass is 496 g/mol. The lowest BCUT2D eigenvalue weighted by atomic mass is 10.00. The molecular weight excluding hydrogens is 456 g/mol. The fourth-order valence-electron chi connectivity index (χ4n) is 4.44. The van der Waals surface area contributed by atoms with E-state index < -0.39 is 18.2 Å². The zero-order valence-electron chi connectivity index (χ0n) is 21.2. The van der Waals surface area contributed by atoms with E-state index in [0.29, 0.717) is 13.0 Å². The SMILES string of the molecule is COc1cccc(CNCC(O)C(Cc2ccccc2)NC(=O)C(N)CCC(=O)N2CCCCC2)c1. The Balaban J connectivity index is 1.53. The lowest BCUT2D eigenvalue weighted by Gasteiger charge is -2.28. The van der Waals surface area contributed by atoms with Gasteiger partial charge in [0.2, 0.25) is 11.8 Å². The van der Waals surface area contributed by atoms with E-state index in [-0.39, 0.29) is 31.2 Å². The van der Waals surface area contributed by atoms with E-state index in [2.05, 4.69) is 10.6 Å². The van der Waals surface area contributed by atoms with Gasteiger partial charge in [0.15, 0.2) is 0 Å². The van der Waals surface area contributed by atoms with Gasteiger partial charge >= 0.3 is 0 Å². The Hall–Kier alpha value is -2.94. The molecule has 1 aliphatic heterocycles. The summed E-state index contributed by atoms with van der Waals surface area (Å²) in [6, 6.07) is 16.1. The van der Waals surface area contributed by atoms with E-state index in [9.17, 15) is 14.7 Å². The summed E-state index contributed by atoms with van der Waals surface area (Å²) < 4.78 is 5.26. The summed E-state index contributed by atoms with van der Waals surface area (Å²) in [4.78, 5) is 27.2. The van der Waals surface area contributed by atoms with Crippen LogP contribution in [-0.4, -0.2) is 66.8 Å². The number of hydrogen-bond donors (Lipinski definition) is 4. The number of amides is 2. The molecule has 5 N–H and O–H groups in total. The van der Waals surface area contributed by atoms with E-state index in [1.807, 2.05) is 59.5 Å². The number of likely N-dealkylation sites (tertiary alicyclic amines) is 1. The minimum absolute atomic E-state index is 0.0561. The molecule has 3 atom stereocenters. The van der Waals surface area contributed by atoms with Gasteiger partial charge in [0.25, 0.3) is 0 Å². The van der Waals surface area contributed by atoms with Crippen molar-refractivity contribution in [1.82, 2.24) is 15.5 Å². The molecule has 36 heavy (non-hydrogen) atoms. The maximum absolute atomic E-state index is 12.9. The molecule has 2 aromatic carbocycles. The minimum Gasteiger partial charge on any atom is -0.497 e. The molecule has 0 bridgehead atoms. The van der Waals surface area contributed by atoms with Crippen LogP contribution >= 0.6 is 0 Å². The van der Waals surface area contributed by atoms with E-state index in [1.165, 1.54) is 0 Å². The molecule has 1 fully saturated rings. The van der Waals surface area contributed by atoms with Crippen LogP contribution in [-0.2, 0) is 22.6 Å². The first-order valence-electron chi connectivity index (χ1n) is 12.9. The summed E-state index contributed by atoms with van der Waals surface area (Å²) in [5.41, 5.74) is 8.18. The Morgan fingerprint density at radius 3 is 2.50 bits per heavy atom. The van der Waals surface area contributed by atoms with Crippen molar-refractivity contribution in [2.75, 3.05) is 26.7 Å². The second kappa shape index (κ2) is 14.6. The summed E-state index contributed by atoms with van der Waals surface area (Å²) in [5, 5.41) is 17.2. The highest BCUT2D eigenvalue weighted by molar-refractivity contribution is 5.83. The smallest absolute Gasteiger partial charge is 0.237 e. The Bertz CT molecular complexity index is 950. The normalized spacial score (nSPS) is 16.1. The maximum Gasteiger partial charge on any atom is 0.237 e. The fraction of sp³-hybridized carbons (Fsp3) is 0.500. The Kier molecular flexibility index (Phi) is 11.2. The number of nitrogens with zero attached hydrogens (tertiary/aromatic N) is 1. The van der Waals surface area contributed by atoms with Crippen molar-refractivity contribution in [2.24, 2.45) is 5.73 Å². The number of aliphatic hydroxyl groups excluding tert-OH is 1. The van der Waals surface area contributed by atoms with Crippen LogP contribution in [0.3, 0.4) is 0 Å². The molecule has 2 aromatic rings. The number of methoxy groups -OCH3 is 1. The second-order valence-corrected chi connectivity index (χ2v) is 9.44. The van der Waals surface area contributed by atoms with Gasteiger partial charge in [-0.3, -0.25) is 9.59 Å². The third-order valence-electron chi connectivity index (χ3n) is 6.62. The lowest BCUT2D eigenvalue weighted by molar-refractivity contribution is -0.132. The van der Waals surface area contributed by atoms with Gasteiger partial charge in [0.05, 0.1) is 25.3 Å². The number of aliphatic hydroxyl groups is 1. The first-order valence-corrected chi connectivity index (χ1v) is 12.9. The number of piperidine rings is 1. The zero-order valence-corrected chi connectivity index (χ0v) is 21.2. The molecule has 8 nitrogen and oxygen atoms in total. The van der Waals surface area contributed by atoms with Gasteiger partial charge in [-0.25, -0.2) is 0 Å². The summed E-state index contributed by atoms with van der Waals surface area (Å²) in [6.45, 7) is 2.42. The Morgan fingerprint density at radius 2 is 1.78 bits per heavy atom. The quantitative estimate of drug-likeness (QED) is 0.337. The van der Waals surface area contributed by atoms with Crippen LogP contribution in [0.15, 0.2) is 54.6 Å². The molecule has 0 aromatic heterocycles. The van der Waals surface area contributed by atoms with Crippen molar-refractivity contribution < 1.29 is 19.4 Å². The Labute approximate surface area is 214 Å². The van der Waals surface area contributed by atoms with Gasteiger partial charge in [0, 0.05) is 32.6 Å². The van der Waals surface area contributed by atoms with E-state index in [1.54, 1.807) is 7.11 Å². The summed E-state index contributed by atoms with van der Waals surface area (Å²) >= 11 is 0. The van der Waals surface area contributed by atoms with Crippen LogP contribution in [0.4, 0.5) is 0 Å². The molecule has 1 saturated heterocycles. The predicted octanol–water partition coefficient (Wildman–Crippen LogP) is 1.99. The van der Waals surface area contributed by atoms with E-state index >= 15 is 0 Å². The van der Waals surface area contributed by atoms with Crippen molar-refractivity contribution in [3.63, 3.8) is 0 Å². The van der Waals surface area contributed by atoms with Gasteiger partial charge < -0.3 is 31.1 Å². The molecule has 2 amide bonds. The molecule has 8 heteroatoms. The number of nitrogens with one attached hydrogen (secondary N) is 2. The highest BCUT2D eigenvalue weighted by atomic mass is 16.5. The molecule has 0 saturated carbocycles. The number of ether oxygens (including phenoxy) is 1.